The van der Waals surface area contributed by atoms with Gasteiger partial charge in [0.15, 0.2) is 0 Å². The number of phenols is 1. The number of rotatable bonds is 11. The number of hydrogen-bond acceptors (Lipinski definition) is 4. The van der Waals surface area contributed by atoms with Crippen LogP contribution in [0.1, 0.15) is 79.0 Å². The van der Waals surface area contributed by atoms with Crippen molar-refractivity contribution in [2.24, 2.45) is 0 Å². The van der Waals surface area contributed by atoms with Crippen molar-refractivity contribution in [3.05, 3.63) is 253 Å². The predicted molar refractivity (Wildman–Crippen MR) is 327 cm³/mol. The Balaban J connectivity index is 0.00000704. The van der Waals surface area contributed by atoms with Crippen LogP contribution in [-0.4, -0.2) is 28.0 Å². The van der Waals surface area contributed by atoms with Crippen LogP contribution in [-0.2, 0) is 37.3 Å². The summed E-state index contributed by atoms with van der Waals surface area (Å²) in [6.45, 7) is 19.9. The normalized spacial score (nSPS) is 12.1. The van der Waals surface area contributed by atoms with Crippen molar-refractivity contribution in [1.29, 1.82) is 0 Å². The zero-order valence-electron chi connectivity index (χ0n) is 46.5. The molecule has 0 aliphatic heterocycles. The van der Waals surface area contributed by atoms with Gasteiger partial charge in [-0.25, -0.2) is 4.98 Å². The Labute approximate surface area is 482 Å². The first-order chi connectivity index (χ1) is 37.5. The van der Waals surface area contributed by atoms with Gasteiger partial charge in [0.05, 0.1) is 22.3 Å². The molecule has 396 valence electrons. The fraction of sp³-hybridized carbons (Fsp3) is 0.167. The molecule has 5 nitrogen and oxygen atoms in total. The average molecular weight is 1230 g/mol. The van der Waals surface area contributed by atoms with E-state index in [1.807, 2.05) is 12.3 Å². The van der Waals surface area contributed by atoms with Crippen molar-refractivity contribution in [1.82, 2.24) is 14.5 Å². The summed E-state index contributed by atoms with van der Waals surface area (Å²) >= 11 is 0. The van der Waals surface area contributed by atoms with Crippen LogP contribution < -0.4 is 20.0 Å². The predicted octanol–water partition coefficient (Wildman–Crippen LogP) is 16.2. The molecule has 2 heterocycles. The number of aromatic nitrogens is 3. The van der Waals surface area contributed by atoms with Crippen molar-refractivity contribution >= 4 is 34.9 Å². The molecule has 0 atom stereocenters. The van der Waals surface area contributed by atoms with Gasteiger partial charge in [0.2, 0.25) is 0 Å². The first kappa shape index (κ1) is 54.5. The van der Waals surface area contributed by atoms with Crippen LogP contribution in [0.5, 0.6) is 11.5 Å². The molecular formula is C72H66N3O2PtSi-. The zero-order valence-corrected chi connectivity index (χ0v) is 49.7. The Hall–Kier alpha value is -7.89. The number of para-hydroxylation sites is 1. The number of benzene rings is 9. The van der Waals surface area contributed by atoms with Gasteiger partial charge in [-0.1, -0.05) is 249 Å². The summed E-state index contributed by atoms with van der Waals surface area (Å²) in [6.07, 6.45) is 1.89. The fourth-order valence-corrected chi connectivity index (χ4v) is 14.5. The Morgan fingerprint density at radius 1 is 0.468 bits per heavy atom. The molecule has 0 saturated carbocycles. The number of phenolic OH excluding ortho intramolecular Hbond substituents is 1. The molecule has 0 amide bonds. The molecule has 11 aromatic rings. The maximum atomic E-state index is 12.8. The number of pyridine rings is 1. The largest absolute Gasteiger partial charge is 0.530 e. The minimum atomic E-state index is -3.21. The van der Waals surface area contributed by atoms with E-state index in [-0.39, 0.29) is 43.1 Å². The standard InChI is InChI=1S/C72H66N3O2Si.Pt/c1-70(2,3)54-43-52(42-53(44-54)64-45-51(40-41-73-64)49-26-15-10-16-27-49)60-36-25-37-66-67(60)74-69(62-46-55(71(4,5)6)47-63(68(62)76)72(7,8)9)75(66)65-39-38-56(48-61(65)50-28-17-11-18-29-50)77-78(57-30-19-12-20-31-57,58-32-21-13-22-33-58)59-34-23-14-24-35-59;/h10-41,43-48,76H,1-9H3;/q-1;. The molecular weight excluding hydrogens is 1160 g/mol. The SMILES string of the molecule is CC(C)(C)c1cc(-c2cc(-c3ccccc3)ccn2)[c-]c(-c2cccc3c2nc(-c2cc(C(C)(C)C)cc(C(C)(C)C)c2O)n3-c2ccc(O[Si](c3ccccc3)(c3ccccc3)c3ccccc3)cc2-c2ccccc2)c1.[Pt]. The maximum Gasteiger partial charge on any atom is 0.346 e. The third-order valence-corrected chi connectivity index (χ3v) is 19.0. The molecule has 0 saturated heterocycles. The minimum absolute atomic E-state index is 0. The number of fused-ring (bicyclic) bond motifs is 1. The van der Waals surface area contributed by atoms with E-state index in [2.05, 4.69) is 291 Å². The molecule has 0 aliphatic carbocycles. The van der Waals surface area contributed by atoms with Crippen LogP contribution in [0.15, 0.2) is 231 Å². The van der Waals surface area contributed by atoms with E-state index < -0.39 is 8.32 Å². The third kappa shape index (κ3) is 10.7. The molecule has 0 bridgehead atoms. The molecule has 0 radical (unpaired) electrons. The van der Waals surface area contributed by atoms with Gasteiger partial charge in [0.1, 0.15) is 17.3 Å². The second kappa shape index (κ2) is 21.7. The number of imidazole rings is 1. The second-order valence-electron chi connectivity index (χ2n) is 23.5. The summed E-state index contributed by atoms with van der Waals surface area (Å²) in [5.41, 5.74) is 13.3. The van der Waals surface area contributed by atoms with Crippen molar-refractivity contribution in [2.75, 3.05) is 0 Å². The van der Waals surface area contributed by atoms with Crippen LogP contribution in [0.2, 0.25) is 0 Å². The Bertz CT molecular complexity index is 3840. The van der Waals surface area contributed by atoms with Gasteiger partial charge in [-0.2, -0.15) is 0 Å². The van der Waals surface area contributed by atoms with Crippen molar-refractivity contribution in [3.63, 3.8) is 0 Å². The molecule has 11 rings (SSSR count). The van der Waals surface area contributed by atoms with E-state index >= 15 is 0 Å². The van der Waals surface area contributed by atoms with E-state index in [1.54, 1.807) is 0 Å². The van der Waals surface area contributed by atoms with Crippen LogP contribution >= 0.6 is 0 Å². The number of hydrogen-bond donors (Lipinski definition) is 1. The molecule has 2 aromatic heterocycles. The van der Waals surface area contributed by atoms with E-state index in [9.17, 15) is 5.11 Å². The van der Waals surface area contributed by atoms with Gasteiger partial charge in [-0.05, 0) is 90.5 Å². The van der Waals surface area contributed by atoms with Gasteiger partial charge in [0, 0.05) is 44.1 Å². The summed E-state index contributed by atoms with van der Waals surface area (Å²) in [4.78, 5) is 10.7. The molecule has 7 heteroatoms. The summed E-state index contributed by atoms with van der Waals surface area (Å²) in [5.74, 6) is 1.58. The first-order valence-corrected chi connectivity index (χ1v) is 28.9. The smallest absolute Gasteiger partial charge is 0.346 e. The molecule has 79 heavy (non-hydrogen) atoms. The van der Waals surface area contributed by atoms with Gasteiger partial charge in [0.25, 0.3) is 0 Å². The van der Waals surface area contributed by atoms with E-state index in [0.717, 1.165) is 99.4 Å². The van der Waals surface area contributed by atoms with E-state index in [0.29, 0.717) is 11.4 Å². The Kier molecular flexibility index (Phi) is 15.0. The number of aromatic hydroxyl groups is 1. The van der Waals surface area contributed by atoms with Crippen molar-refractivity contribution in [3.8, 4) is 73.2 Å². The fourth-order valence-electron chi connectivity index (χ4n) is 10.7. The Morgan fingerprint density at radius 3 is 1.56 bits per heavy atom. The summed E-state index contributed by atoms with van der Waals surface area (Å²) < 4.78 is 10.0. The summed E-state index contributed by atoms with van der Waals surface area (Å²) in [5, 5.41) is 16.3. The van der Waals surface area contributed by atoms with Crippen molar-refractivity contribution < 1.29 is 30.6 Å². The summed E-state index contributed by atoms with van der Waals surface area (Å²) in [6, 6.07) is 82.9. The number of nitrogens with zero attached hydrogens (tertiary/aromatic N) is 3. The quantitative estimate of drug-likeness (QED) is 0.0796. The summed E-state index contributed by atoms with van der Waals surface area (Å²) in [7, 11) is -3.21. The van der Waals surface area contributed by atoms with Crippen molar-refractivity contribution in [2.45, 2.75) is 78.6 Å². The van der Waals surface area contributed by atoms with Crippen LogP contribution in [0, 0.1) is 6.07 Å². The minimum Gasteiger partial charge on any atom is -0.530 e. The van der Waals surface area contributed by atoms with Gasteiger partial charge in [-0.15, -0.1) is 29.3 Å². The second-order valence-corrected chi connectivity index (χ2v) is 26.8. The van der Waals surface area contributed by atoms with Gasteiger partial charge in [-0.3, -0.25) is 9.55 Å². The van der Waals surface area contributed by atoms with E-state index in [4.69, 9.17) is 14.4 Å². The molecule has 1 N–H and O–H groups in total. The molecule has 9 aromatic carbocycles. The molecule has 0 fully saturated rings. The van der Waals surface area contributed by atoms with Crippen LogP contribution in [0.25, 0.3) is 72.7 Å². The molecule has 0 aliphatic rings. The van der Waals surface area contributed by atoms with Crippen LogP contribution in [0.3, 0.4) is 0 Å². The molecule has 0 spiro atoms. The van der Waals surface area contributed by atoms with E-state index in [1.165, 1.54) is 0 Å². The monoisotopic (exact) mass is 1230 g/mol. The zero-order chi connectivity index (χ0) is 54.4. The third-order valence-electron chi connectivity index (χ3n) is 15.0. The van der Waals surface area contributed by atoms with Gasteiger partial charge < -0.3 is 9.53 Å². The average Bonchev–Trinajstić information content (AvgIpc) is 4.07. The Morgan fingerprint density at radius 2 is 1.00 bits per heavy atom. The first-order valence-electron chi connectivity index (χ1n) is 27.0. The van der Waals surface area contributed by atoms with Crippen LogP contribution in [0.4, 0.5) is 0 Å². The maximum absolute atomic E-state index is 12.8. The van der Waals surface area contributed by atoms with Gasteiger partial charge >= 0.3 is 8.32 Å². The topological polar surface area (TPSA) is 60.2 Å². The molecule has 0 unspecified atom stereocenters.